The summed E-state index contributed by atoms with van der Waals surface area (Å²) in [4.78, 5) is 36.4. The Kier molecular flexibility index (Phi) is 7.54. The van der Waals surface area contributed by atoms with Crippen molar-refractivity contribution < 1.29 is 18.9 Å². The smallest absolute Gasteiger partial charge is 0.274 e. The van der Waals surface area contributed by atoms with Crippen LogP contribution in [0.4, 0.5) is 0 Å². The Labute approximate surface area is 164 Å². The van der Waals surface area contributed by atoms with Gasteiger partial charge in [0.15, 0.2) is 0 Å². The van der Waals surface area contributed by atoms with Crippen molar-refractivity contribution in [1.82, 2.24) is 20.2 Å². The van der Waals surface area contributed by atoms with E-state index in [0.717, 1.165) is 19.6 Å². The van der Waals surface area contributed by atoms with Gasteiger partial charge in [-0.05, 0) is 31.4 Å². The van der Waals surface area contributed by atoms with Crippen LogP contribution in [0, 0.1) is 0 Å². The zero-order valence-electron chi connectivity index (χ0n) is 16.1. The number of likely N-dealkylation sites (tertiary alicyclic amines) is 1. The van der Waals surface area contributed by atoms with Crippen LogP contribution < -0.4 is 10.2 Å². The molecule has 1 saturated heterocycles. The highest BCUT2D eigenvalue weighted by atomic mass is 16.3. The van der Waals surface area contributed by atoms with E-state index in [1.807, 2.05) is 6.07 Å². The average molecular weight is 386 g/mol. The summed E-state index contributed by atoms with van der Waals surface area (Å²) >= 11 is 0. The van der Waals surface area contributed by atoms with Gasteiger partial charge in [0.2, 0.25) is 5.91 Å². The van der Waals surface area contributed by atoms with Gasteiger partial charge in [0.05, 0.1) is 45.2 Å². The summed E-state index contributed by atoms with van der Waals surface area (Å²) in [6.45, 7) is 4.50. The number of hydrogen-bond acceptors (Lipinski definition) is 5. The summed E-state index contributed by atoms with van der Waals surface area (Å²) in [5.74, 6) is 0.413. The van der Waals surface area contributed by atoms with E-state index in [4.69, 9.17) is 4.42 Å². The lowest BCUT2D eigenvalue weighted by atomic mass is 10.1. The van der Waals surface area contributed by atoms with E-state index in [9.17, 15) is 9.59 Å². The molecule has 0 bridgehead atoms. The number of nitrogens with one attached hydrogen (secondary N) is 2. The third-order valence-corrected chi connectivity index (χ3v) is 5.01. The normalized spacial score (nSPS) is 14.6. The van der Waals surface area contributed by atoms with Crippen molar-refractivity contribution in [3.63, 3.8) is 0 Å². The molecule has 0 atom stereocenters. The molecule has 28 heavy (non-hydrogen) atoms. The van der Waals surface area contributed by atoms with Crippen LogP contribution in [0.15, 0.2) is 41.4 Å². The predicted molar refractivity (Wildman–Crippen MR) is 103 cm³/mol. The van der Waals surface area contributed by atoms with Gasteiger partial charge in [0, 0.05) is 25.4 Å². The molecule has 8 nitrogen and oxygen atoms in total. The largest absolute Gasteiger partial charge is 0.467 e. The summed E-state index contributed by atoms with van der Waals surface area (Å²) in [6, 6.07) is 3.59. The highest BCUT2D eigenvalue weighted by Crippen LogP contribution is 2.03. The molecular weight excluding hydrogens is 358 g/mol. The quantitative estimate of drug-likeness (QED) is 0.646. The monoisotopic (exact) mass is 386 g/mol. The Hall–Kier alpha value is -2.74. The van der Waals surface area contributed by atoms with Crippen LogP contribution in [0.2, 0.25) is 0 Å². The fourth-order valence-corrected chi connectivity index (χ4v) is 3.41. The van der Waals surface area contributed by atoms with Crippen LogP contribution in [0.25, 0.3) is 0 Å². The van der Waals surface area contributed by atoms with Gasteiger partial charge in [0.25, 0.3) is 5.91 Å². The van der Waals surface area contributed by atoms with E-state index in [0.29, 0.717) is 31.1 Å². The summed E-state index contributed by atoms with van der Waals surface area (Å²) in [7, 11) is 0. The Morgan fingerprint density at radius 2 is 2.04 bits per heavy atom. The second-order valence-electron chi connectivity index (χ2n) is 7.05. The minimum atomic E-state index is -0.177. The van der Waals surface area contributed by atoms with Gasteiger partial charge in [-0.25, -0.2) is 4.98 Å². The molecule has 8 heteroatoms. The average Bonchev–Trinajstić information content (AvgIpc) is 3.27. The number of nitrogens with zero attached hydrogens (tertiary/aromatic N) is 3. The lowest BCUT2D eigenvalue weighted by Gasteiger charge is -2.27. The number of furan rings is 1. The van der Waals surface area contributed by atoms with Crippen molar-refractivity contribution in [3.05, 3.63) is 48.4 Å². The number of hydrogen-bond donors (Lipinski definition) is 2. The van der Waals surface area contributed by atoms with Crippen molar-refractivity contribution in [2.45, 2.75) is 32.2 Å². The number of carbonyl (C=O) groups excluding carboxylic acids is 2. The molecule has 1 aliphatic heterocycles. The third kappa shape index (κ3) is 6.16. The highest BCUT2D eigenvalue weighted by molar-refractivity contribution is 5.92. The first-order valence-electron chi connectivity index (χ1n) is 9.90. The van der Waals surface area contributed by atoms with E-state index in [1.54, 1.807) is 23.4 Å². The minimum Gasteiger partial charge on any atom is -0.467 e. The molecule has 0 saturated carbocycles. The van der Waals surface area contributed by atoms with E-state index in [1.165, 1.54) is 36.6 Å². The lowest BCUT2D eigenvalue weighted by molar-refractivity contribution is -0.904. The Bertz CT molecular complexity index is 730. The Morgan fingerprint density at radius 1 is 1.18 bits per heavy atom. The zero-order valence-corrected chi connectivity index (χ0v) is 16.1. The minimum absolute atomic E-state index is 0.112. The lowest BCUT2D eigenvalue weighted by Crippen LogP contribution is -3.13. The first kappa shape index (κ1) is 20.0. The molecule has 2 amide bonds. The highest BCUT2D eigenvalue weighted by Gasteiger charge is 2.21. The van der Waals surface area contributed by atoms with Gasteiger partial charge >= 0.3 is 0 Å². The number of quaternary nitrogens is 1. The second-order valence-corrected chi connectivity index (χ2v) is 7.05. The first-order valence-corrected chi connectivity index (χ1v) is 9.90. The number of rotatable bonds is 9. The van der Waals surface area contributed by atoms with Crippen molar-refractivity contribution in [2.24, 2.45) is 0 Å². The molecule has 2 N–H and O–H groups in total. The van der Waals surface area contributed by atoms with Crippen LogP contribution >= 0.6 is 0 Å². The number of aromatic nitrogens is 2. The van der Waals surface area contributed by atoms with Gasteiger partial charge in [-0.3, -0.25) is 14.6 Å². The van der Waals surface area contributed by atoms with Gasteiger partial charge in [-0.1, -0.05) is 0 Å². The topological polar surface area (TPSA) is 92.8 Å². The third-order valence-electron chi connectivity index (χ3n) is 5.01. The summed E-state index contributed by atoms with van der Waals surface area (Å²) in [5.41, 5.74) is 0.312. The SMILES string of the molecule is O=C(CCN(CC[NH+]1CCCCC1)C(=O)c1cnccn1)NCc1ccco1. The molecule has 3 heterocycles. The molecule has 3 rings (SSSR count). The first-order chi connectivity index (χ1) is 13.7. The maximum Gasteiger partial charge on any atom is 0.274 e. The summed E-state index contributed by atoms with van der Waals surface area (Å²) in [6.07, 6.45) is 10.1. The molecule has 2 aromatic rings. The maximum atomic E-state index is 12.8. The zero-order chi connectivity index (χ0) is 19.6. The van der Waals surface area contributed by atoms with E-state index in [2.05, 4.69) is 15.3 Å². The molecule has 0 aliphatic carbocycles. The number of carbonyl (C=O) groups is 2. The molecule has 0 unspecified atom stereocenters. The van der Waals surface area contributed by atoms with E-state index in [-0.39, 0.29) is 18.2 Å². The fraction of sp³-hybridized carbons (Fsp3) is 0.500. The molecule has 1 aliphatic rings. The molecular formula is C20H28N5O3+. The van der Waals surface area contributed by atoms with Gasteiger partial charge in [-0.15, -0.1) is 0 Å². The van der Waals surface area contributed by atoms with E-state index < -0.39 is 0 Å². The van der Waals surface area contributed by atoms with Crippen LogP contribution in [-0.4, -0.2) is 59.4 Å². The van der Waals surface area contributed by atoms with Gasteiger partial charge < -0.3 is 19.5 Å². The second kappa shape index (κ2) is 10.6. The van der Waals surface area contributed by atoms with Crippen molar-refractivity contribution >= 4 is 11.8 Å². The maximum absolute atomic E-state index is 12.8. The van der Waals surface area contributed by atoms with Crippen LogP contribution in [-0.2, 0) is 11.3 Å². The molecule has 150 valence electrons. The van der Waals surface area contributed by atoms with Crippen LogP contribution in [0.5, 0.6) is 0 Å². The predicted octanol–water partition coefficient (Wildman–Crippen LogP) is 0.287. The number of piperidine rings is 1. The van der Waals surface area contributed by atoms with Gasteiger partial charge in [0.1, 0.15) is 11.5 Å². The molecule has 0 radical (unpaired) electrons. The van der Waals surface area contributed by atoms with Crippen molar-refractivity contribution in [3.8, 4) is 0 Å². The van der Waals surface area contributed by atoms with Crippen LogP contribution in [0.1, 0.15) is 41.9 Å². The van der Waals surface area contributed by atoms with Gasteiger partial charge in [-0.2, -0.15) is 0 Å². The van der Waals surface area contributed by atoms with E-state index >= 15 is 0 Å². The molecule has 0 spiro atoms. The van der Waals surface area contributed by atoms with Crippen molar-refractivity contribution in [1.29, 1.82) is 0 Å². The standard InChI is InChI=1S/C20H27N5O3/c26-19(23-15-17-5-4-14-28-17)6-11-25(13-12-24-9-2-1-3-10-24)20(27)18-16-21-7-8-22-18/h4-5,7-8,14,16H,1-3,6,9-13,15H2,(H,23,26)/p+1. The summed E-state index contributed by atoms with van der Waals surface area (Å²) in [5, 5.41) is 2.82. The fourth-order valence-electron chi connectivity index (χ4n) is 3.41. The van der Waals surface area contributed by atoms with Crippen LogP contribution in [0.3, 0.4) is 0 Å². The molecule has 2 aromatic heterocycles. The molecule has 0 aromatic carbocycles. The Morgan fingerprint density at radius 3 is 2.75 bits per heavy atom. The van der Waals surface area contributed by atoms with Crippen molar-refractivity contribution in [2.75, 3.05) is 32.7 Å². The molecule has 1 fully saturated rings. The summed E-state index contributed by atoms with van der Waals surface area (Å²) < 4.78 is 5.21. The number of amides is 2. The Balaban J connectivity index is 1.53.